The summed E-state index contributed by atoms with van der Waals surface area (Å²) in [6.45, 7) is 2.16. The fourth-order valence-corrected chi connectivity index (χ4v) is 2.14. The summed E-state index contributed by atoms with van der Waals surface area (Å²) >= 11 is 0. The average Bonchev–Trinajstić information content (AvgIpc) is 2.44. The van der Waals surface area contributed by atoms with Crippen LogP contribution in [0.25, 0.3) is 0 Å². The summed E-state index contributed by atoms with van der Waals surface area (Å²) in [4.78, 5) is 10.3. The van der Waals surface area contributed by atoms with Crippen LogP contribution in [0.4, 0.5) is 0 Å². The molecular formula is C18H32O3. The van der Waals surface area contributed by atoms with Crippen molar-refractivity contribution in [3.05, 3.63) is 24.3 Å². The Kier molecular flexibility index (Phi) is 14.5. The maximum absolute atomic E-state index is 10.3. The molecule has 21 heavy (non-hydrogen) atoms. The number of carboxylic acid groups (broad SMARTS) is 1. The molecule has 122 valence electrons. The van der Waals surface area contributed by atoms with E-state index in [2.05, 4.69) is 13.0 Å². The predicted octanol–water partition coefficient (Wildman–Crippen LogP) is 4.86. The molecule has 0 radical (unpaired) electrons. The van der Waals surface area contributed by atoms with Crippen molar-refractivity contribution in [3.8, 4) is 0 Å². The molecule has 0 aliphatic heterocycles. The normalized spacial score (nSPS) is 13.2. The van der Waals surface area contributed by atoms with Crippen LogP contribution in [0.1, 0.15) is 77.6 Å². The van der Waals surface area contributed by atoms with E-state index in [4.69, 9.17) is 5.11 Å². The molecule has 0 aliphatic rings. The summed E-state index contributed by atoms with van der Waals surface area (Å²) in [6.07, 6.45) is 18.5. The van der Waals surface area contributed by atoms with Crippen LogP contribution in [0, 0.1) is 0 Å². The summed E-state index contributed by atoms with van der Waals surface area (Å²) in [6, 6.07) is 0. The van der Waals surface area contributed by atoms with Crippen molar-refractivity contribution in [3.63, 3.8) is 0 Å². The zero-order chi connectivity index (χ0) is 15.8. The van der Waals surface area contributed by atoms with Crippen molar-refractivity contribution in [1.29, 1.82) is 0 Å². The Balaban J connectivity index is 3.37. The van der Waals surface area contributed by atoms with Crippen molar-refractivity contribution < 1.29 is 15.0 Å². The fraction of sp³-hybridized carbons (Fsp3) is 0.722. The average molecular weight is 296 g/mol. The van der Waals surface area contributed by atoms with Crippen molar-refractivity contribution in [2.75, 3.05) is 0 Å². The van der Waals surface area contributed by atoms with Crippen LogP contribution in [0.5, 0.6) is 0 Å². The van der Waals surface area contributed by atoms with Crippen molar-refractivity contribution in [2.24, 2.45) is 0 Å². The lowest BCUT2D eigenvalue weighted by Gasteiger charge is -2.03. The first-order chi connectivity index (χ1) is 10.2. The number of aliphatic hydroxyl groups excluding tert-OH is 1. The fourth-order valence-electron chi connectivity index (χ4n) is 2.14. The van der Waals surface area contributed by atoms with Gasteiger partial charge in [-0.2, -0.15) is 0 Å². The van der Waals surface area contributed by atoms with E-state index in [-0.39, 0.29) is 6.10 Å². The molecule has 2 N–H and O–H groups in total. The van der Waals surface area contributed by atoms with Crippen LogP contribution in [-0.4, -0.2) is 22.3 Å². The lowest BCUT2D eigenvalue weighted by Crippen LogP contribution is -2.00. The standard InChI is InChI=1S/C18H32O3/c1-2-3-11-14-17(19)15-12-9-7-5-4-6-8-10-13-16-18(20)21/h7,9,12,15,17,19H,2-6,8,10-11,13-14,16H2,1H3,(H,20,21)/t17-/m1/s1. The summed E-state index contributed by atoms with van der Waals surface area (Å²) < 4.78 is 0. The van der Waals surface area contributed by atoms with Gasteiger partial charge in [-0.25, -0.2) is 0 Å². The lowest BCUT2D eigenvalue weighted by molar-refractivity contribution is -0.137. The third kappa shape index (κ3) is 16.9. The van der Waals surface area contributed by atoms with E-state index >= 15 is 0 Å². The molecule has 0 unspecified atom stereocenters. The van der Waals surface area contributed by atoms with E-state index in [1.165, 1.54) is 12.8 Å². The molecule has 3 heteroatoms. The first-order valence-corrected chi connectivity index (χ1v) is 8.40. The van der Waals surface area contributed by atoms with Crippen LogP contribution >= 0.6 is 0 Å². The molecular weight excluding hydrogens is 264 g/mol. The highest BCUT2D eigenvalue weighted by atomic mass is 16.4. The van der Waals surface area contributed by atoms with Crippen LogP contribution in [-0.2, 0) is 4.79 Å². The van der Waals surface area contributed by atoms with Crippen molar-refractivity contribution in [2.45, 2.75) is 83.7 Å². The third-order valence-corrected chi connectivity index (χ3v) is 3.45. The van der Waals surface area contributed by atoms with Gasteiger partial charge in [-0.15, -0.1) is 0 Å². The van der Waals surface area contributed by atoms with Gasteiger partial charge in [-0.05, 0) is 25.7 Å². The summed E-state index contributed by atoms with van der Waals surface area (Å²) in [5.74, 6) is -0.693. The van der Waals surface area contributed by atoms with Crippen molar-refractivity contribution >= 4 is 5.97 Å². The molecule has 0 rings (SSSR count). The van der Waals surface area contributed by atoms with E-state index in [1.54, 1.807) is 0 Å². The Hall–Kier alpha value is -1.09. The quantitative estimate of drug-likeness (QED) is 0.355. The number of carboxylic acids is 1. The van der Waals surface area contributed by atoms with Crippen LogP contribution in [0.2, 0.25) is 0 Å². The maximum atomic E-state index is 10.3. The van der Waals surface area contributed by atoms with E-state index in [0.29, 0.717) is 6.42 Å². The molecule has 0 fully saturated rings. The number of aliphatic carboxylic acids is 1. The maximum Gasteiger partial charge on any atom is 0.303 e. The molecule has 0 saturated carbocycles. The molecule has 1 atom stereocenters. The Morgan fingerprint density at radius 2 is 1.71 bits per heavy atom. The van der Waals surface area contributed by atoms with E-state index in [0.717, 1.165) is 51.4 Å². The highest BCUT2D eigenvalue weighted by Crippen LogP contribution is 2.08. The Labute approximate surface area is 129 Å². The zero-order valence-electron chi connectivity index (χ0n) is 13.5. The molecule has 0 aromatic heterocycles. The molecule has 0 aromatic carbocycles. The third-order valence-electron chi connectivity index (χ3n) is 3.45. The number of rotatable bonds is 14. The molecule has 0 aliphatic carbocycles. The van der Waals surface area contributed by atoms with Gasteiger partial charge < -0.3 is 10.2 Å². The predicted molar refractivity (Wildman–Crippen MR) is 88.4 cm³/mol. The number of aliphatic hydroxyl groups is 1. The van der Waals surface area contributed by atoms with Crippen LogP contribution in [0.3, 0.4) is 0 Å². The topological polar surface area (TPSA) is 57.5 Å². The first kappa shape index (κ1) is 19.9. The minimum Gasteiger partial charge on any atom is -0.481 e. The van der Waals surface area contributed by atoms with E-state index in [1.807, 2.05) is 18.2 Å². The smallest absolute Gasteiger partial charge is 0.303 e. The molecule has 0 heterocycles. The number of hydrogen-bond acceptors (Lipinski definition) is 2. The SMILES string of the molecule is CCCCC[C@@H](O)C=CC=CCCCCCCCC(=O)O. The van der Waals surface area contributed by atoms with E-state index in [9.17, 15) is 9.90 Å². The second-order valence-corrected chi connectivity index (χ2v) is 5.58. The second-order valence-electron chi connectivity index (χ2n) is 5.58. The monoisotopic (exact) mass is 296 g/mol. The Morgan fingerprint density at radius 3 is 2.43 bits per heavy atom. The Bertz CT molecular complexity index is 295. The van der Waals surface area contributed by atoms with Gasteiger partial charge in [0.05, 0.1) is 6.10 Å². The number of carbonyl (C=O) groups is 1. The van der Waals surface area contributed by atoms with Crippen LogP contribution in [0.15, 0.2) is 24.3 Å². The van der Waals surface area contributed by atoms with Gasteiger partial charge in [0.2, 0.25) is 0 Å². The van der Waals surface area contributed by atoms with Gasteiger partial charge in [0, 0.05) is 6.42 Å². The molecule has 0 amide bonds. The summed E-state index contributed by atoms with van der Waals surface area (Å²) in [7, 11) is 0. The van der Waals surface area contributed by atoms with Gasteiger partial charge in [0.25, 0.3) is 0 Å². The summed E-state index contributed by atoms with van der Waals surface area (Å²) in [5.41, 5.74) is 0. The highest BCUT2D eigenvalue weighted by molar-refractivity contribution is 5.66. The largest absolute Gasteiger partial charge is 0.481 e. The number of allylic oxidation sites excluding steroid dienone is 3. The number of unbranched alkanes of at least 4 members (excludes halogenated alkanes) is 7. The molecule has 0 spiro atoms. The number of hydrogen-bond donors (Lipinski definition) is 2. The van der Waals surface area contributed by atoms with Gasteiger partial charge in [0.15, 0.2) is 0 Å². The molecule has 0 aromatic rings. The molecule has 3 nitrogen and oxygen atoms in total. The van der Waals surface area contributed by atoms with Gasteiger partial charge in [0.1, 0.15) is 0 Å². The minimum absolute atomic E-state index is 0.297. The second kappa shape index (κ2) is 15.3. The molecule has 0 bridgehead atoms. The Morgan fingerprint density at radius 1 is 1.00 bits per heavy atom. The lowest BCUT2D eigenvalue weighted by atomic mass is 10.1. The van der Waals surface area contributed by atoms with Gasteiger partial charge >= 0.3 is 5.97 Å². The summed E-state index contributed by atoms with van der Waals surface area (Å²) in [5, 5.41) is 18.2. The highest BCUT2D eigenvalue weighted by Gasteiger charge is 1.97. The van der Waals surface area contributed by atoms with Crippen LogP contribution < -0.4 is 0 Å². The van der Waals surface area contributed by atoms with Crippen molar-refractivity contribution in [1.82, 2.24) is 0 Å². The van der Waals surface area contributed by atoms with Gasteiger partial charge in [-0.3, -0.25) is 4.79 Å². The zero-order valence-corrected chi connectivity index (χ0v) is 13.5. The minimum atomic E-state index is -0.693. The van der Waals surface area contributed by atoms with Gasteiger partial charge in [-0.1, -0.05) is 69.8 Å². The first-order valence-electron chi connectivity index (χ1n) is 8.40. The van der Waals surface area contributed by atoms with E-state index < -0.39 is 5.97 Å². The molecule has 0 saturated heterocycles.